The molecule has 1 heterocycles. The van der Waals surface area contributed by atoms with Crippen LogP contribution in [0.25, 0.3) is 0 Å². The van der Waals surface area contributed by atoms with Gasteiger partial charge in [0.15, 0.2) is 0 Å². The van der Waals surface area contributed by atoms with E-state index in [1.165, 1.54) is 25.7 Å². The highest BCUT2D eigenvalue weighted by molar-refractivity contribution is 5.91. The number of hydrogen-bond donors (Lipinski definition) is 1. The highest BCUT2D eigenvalue weighted by Crippen LogP contribution is 2.09. The van der Waals surface area contributed by atoms with Crippen LogP contribution < -0.4 is 5.32 Å². The first-order valence-corrected chi connectivity index (χ1v) is 6.81. The molecule has 0 aliphatic rings. The van der Waals surface area contributed by atoms with Gasteiger partial charge in [-0.1, -0.05) is 44.7 Å². The van der Waals surface area contributed by atoms with Crippen molar-refractivity contribution in [3.05, 3.63) is 17.5 Å². The zero-order valence-corrected chi connectivity index (χ0v) is 11.7. The van der Waals surface area contributed by atoms with Gasteiger partial charge in [0.05, 0.1) is 5.69 Å². The summed E-state index contributed by atoms with van der Waals surface area (Å²) >= 11 is 0. The zero-order chi connectivity index (χ0) is 13.4. The molecule has 1 N–H and O–H groups in total. The van der Waals surface area contributed by atoms with Gasteiger partial charge in [-0.15, -0.1) is 0 Å². The molecule has 0 aromatic carbocycles. The number of hydrogen-bond acceptors (Lipinski definition) is 3. The summed E-state index contributed by atoms with van der Waals surface area (Å²) in [4.78, 5) is 11.6. The molecular formula is C14H24N2O2. The van der Waals surface area contributed by atoms with E-state index >= 15 is 0 Å². The van der Waals surface area contributed by atoms with E-state index < -0.39 is 0 Å². The van der Waals surface area contributed by atoms with Crippen molar-refractivity contribution >= 4 is 5.91 Å². The Bertz CT molecular complexity index is 358. The number of unbranched alkanes of at least 4 members (excludes halogenated alkanes) is 3. The molecule has 1 rings (SSSR count). The third kappa shape index (κ3) is 5.84. The van der Waals surface area contributed by atoms with Crippen LogP contribution in [0, 0.1) is 12.8 Å². The van der Waals surface area contributed by atoms with Gasteiger partial charge in [0, 0.05) is 12.6 Å². The van der Waals surface area contributed by atoms with Gasteiger partial charge < -0.3 is 9.84 Å². The maximum Gasteiger partial charge on any atom is 0.289 e. The normalized spacial score (nSPS) is 10.9. The van der Waals surface area contributed by atoms with Crippen LogP contribution in [0.5, 0.6) is 0 Å². The lowest BCUT2D eigenvalue weighted by Crippen LogP contribution is -2.23. The molecule has 4 heteroatoms. The number of aromatic nitrogens is 1. The molecular weight excluding hydrogens is 228 g/mol. The molecule has 0 spiro atoms. The Balaban J connectivity index is 2.03. The van der Waals surface area contributed by atoms with Crippen LogP contribution >= 0.6 is 0 Å². The summed E-state index contributed by atoms with van der Waals surface area (Å²) in [5.74, 6) is 0.921. The van der Waals surface area contributed by atoms with E-state index in [9.17, 15) is 4.79 Å². The fourth-order valence-corrected chi connectivity index (χ4v) is 1.79. The Morgan fingerprint density at radius 3 is 2.67 bits per heavy atom. The van der Waals surface area contributed by atoms with Gasteiger partial charge in [-0.2, -0.15) is 0 Å². The van der Waals surface area contributed by atoms with E-state index in [2.05, 4.69) is 24.3 Å². The number of amides is 1. The predicted molar refractivity (Wildman–Crippen MR) is 71.5 cm³/mol. The maximum atomic E-state index is 11.6. The minimum absolute atomic E-state index is 0.169. The molecule has 0 saturated carbocycles. The highest BCUT2D eigenvalue weighted by atomic mass is 16.5. The van der Waals surface area contributed by atoms with E-state index in [0.717, 1.165) is 18.0 Å². The Hall–Kier alpha value is -1.32. The second-order valence-electron chi connectivity index (χ2n) is 5.19. The third-order valence-corrected chi connectivity index (χ3v) is 2.85. The average Bonchev–Trinajstić information content (AvgIpc) is 2.74. The second kappa shape index (κ2) is 7.90. The fourth-order valence-electron chi connectivity index (χ4n) is 1.79. The number of nitrogens with one attached hydrogen (secondary N) is 1. The Kier molecular flexibility index (Phi) is 6.47. The molecule has 18 heavy (non-hydrogen) atoms. The lowest BCUT2D eigenvalue weighted by Gasteiger charge is -2.05. The standard InChI is InChI=1S/C14H24N2O2/c1-11(2)8-6-4-5-7-9-15-14(17)13-10-12(3)16-18-13/h10-11H,4-9H2,1-3H3,(H,15,17). The van der Waals surface area contributed by atoms with Gasteiger partial charge in [0.2, 0.25) is 5.76 Å². The molecule has 102 valence electrons. The Labute approximate surface area is 109 Å². The van der Waals surface area contributed by atoms with E-state index in [0.29, 0.717) is 12.3 Å². The van der Waals surface area contributed by atoms with Gasteiger partial charge in [0.25, 0.3) is 5.91 Å². The summed E-state index contributed by atoms with van der Waals surface area (Å²) in [6, 6.07) is 1.65. The topological polar surface area (TPSA) is 55.1 Å². The number of carbonyl (C=O) groups is 1. The summed E-state index contributed by atoms with van der Waals surface area (Å²) in [5, 5.41) is 6.53. The molecule has 1 amide bonds. The van der Waals surface area contributed by atoms with Gasteiger partial charge in [-0.05, 0) is 19.3 Å². The SMILES string of the molecule is Cc1cc(C(=O)NCCCCCCC(C)C)on1. The molecule has 0 fully saturated rings. The van der Waals surface area contributed by atoms with Crippen molar-refractivity contribution < 1.29 is 9.32 Å². The number of carbonyl (C=O) groups excluding carboxylic acids is 1. The van der Waals surface area contributed by atoms with Crippen molar-refractivity contribution in [1.29, 1.82) is 0 Å². The van der Waals surface area contributed by atoms with Crippen LogP contribution in [-0.4, -0.2) is 17.6 Å². The summed E-state index contributed by atoms with van der Waals surface area (Å²) in [5.41, 5.74) is 0.730. The fraction of sp³-hybridized carbons (Fsp3) is 0.714. The van der Waals surface area contributed by atoms with Gasteiger partial charge in [0.1, 0.15) is 0 Å². The molecule has 0 aliphatic carbocycles. The summed E-state index contributed by atoms with van der Waals surface area (Å²) in [7, 11) is 0. The molecule has 4 nitrogen and oxygen atoms in total. The Morgan fingerprint density at radius 1 is 1.33 bits per heavy atom. The maximum absolute atomic E-state index is 11.6. The van der Waals surface area contributed by atoms with E-state index in [1.807, 2.05) is 0 Å². The molecule has 0 bridgehead atoms. The minimum Gasteiger partial charge on any atom is -0.351 e. The van der Waals surface area contributed by atoms with Crippen LogP contribution in [0.4, 0.5) is 0 Å². The Morgan fingerprint density at radius 2 is 2.06 bits per heavy atom. The van der Waals surface area contributed by atoms with Crippen LogP contribution in [0.15, 0.2) is 10.6 Å². The lowest BCUT2D eigenvalue weighted by atomic mass is 10.0. The second-order valence-corrected chi connectivity index (χ2v) is 5.19. The van der Waals surface area contributed by atoms with Gasteiger partial charge in [-0.3, -0.25) is 4.79 Å². The van der Waals surface area contributed by atoms with Crippen LogP contribution in [0.3, 0.4) is 0 Å². The molecule has 0 unspecified atom stereocenters. The van der Waals surface area contributed by atoms with E-state index in [1.54, 1.807) is 13.0 Å². The summed E-state index contributed by atoms with van der Waals surface area (Å²) in [6.45, 7) is 7.01. The van der Waals surface area contributed by atoms with Crippen molar-refractivity contribution in [2.75, 3.05) is 6.54 Å². The number of aryl methyl sites for hydroxylation is 1. The first kappa shape index (κ1) is 14.7. The predicted octanol–water partition coefficient (Wildman–Crippen LogP) is 3.32. The van der Waals surface area contributed by atoms with Crippen LogP contribution in [-0.2, 0) is 0 Å². The smallest absolute Gasteiger partial charge is 0.289 e. The monoisotopic (exact) mass is 252 g/mol. The molecule has 1 aromatic rings. The van der Waals surface area contributed by atoms with Crippen LogP contribution in [0.1, 0.15) is 62.2 Å². The van der Waals surface area contributed by atoms with Crippen molar-refractivity contribution in [3.8, 4) is 0 Å². The molecule has 0 saturated heterocycles. The molecule has 0 radical (unpaired) electrons. The average molecular weight is 252 g/mol. The zero-order valence-electron chi connectivity index (χ0n) is 11.7. The quantitative estimate of drug-likeness (QED) is 0.722. The van der Waals surface area contributed by atoms with Crippen molar-refractivity contribution in [3.63, 3.8) is 0 Å². The molecule has 1 aromatic heterocycles. The first-order valence-electron chi connectivity index (χ1n) is 6.81. The third-order valence-electron chi connectivity index (χ3n) is 2.85. The van der Waals surface area contributed by atoms with Gasteiger partial charge >= 0.3 is 0 Å². The highest BCUT2D eigenvalue weighted by Gasteiger charge is 2.09. The minimum atomic E-state index is -0.169. The number of nitrogens with zero attached hydrogens (tertiary/aromatic N) is 1. The number of rotatable bonds is 8. The van der Waals surface area contributed by atoms with E-state index in [-0.39, 0.29) is 5.91 Å². The first-order chi connectivity index (χ1) is 8.59. The molecule has 0 atom stereocenters. The van der Waals surface area contributed by atoms with Crippen molar-refractivity contribution in [1.82, 2.24) is 10.5 Å². The van der Waals surface area contributed by atoms with E-state index in [4.69, 9.17) is 4.52 Å². The van der Waals surface area contributed by atoms with Crippen molar-refractivity contribution in [2.24, 2.45) is 5.92 Å². The lowest BCUT2D eigenvalue weighted by molar-refractivity contribution is 0.0916. The van der Waals surface area contributed by atoms with Crippen LogP contribution in [0.2, 0.25) is 0 Å². The van der Waals surface area contributed by atoms with Gasteiger partial charge in [-0.25, -0.2) is 0 Å². The molecule has 0 aliphatic heterocycles. The largest absolute Gasteiger partial charge is 0.351 e. The summed E-state index contributed by atoms with van der Waals surface area (Å²) < 4.78 is 4.89. The summed E-state index contributed by atoms with van der Waals surface area (Å²) in [6.07, 6.45) is 6.02. The van der Waals surface area contributed by atoms with Crippen molar-refractivity contribution in [2.45, 2.75) is 52.9 Å².